The van der Waals surface area contributed by atoms with Crippen LogP contribution in [0.4, 0.5) is 0 Å². The third-order valence-corrected chi connectivity index (χ3v) is 3.79. The standard InChI is InChI=1S/C20H27N3O6/c1-13-9-8-10-16(18(13)17(12-25-4)20(24)26-5)11-29-22-15(3)19(23-28-7)14(2)21-27-6/h8-10,12H,11H2,1-7H3/b17-12+,21-14-,22-15-,23-19-. The van der Waals surface area contributed by atoms with Gasteiger partial charge in [0.25, 0.3) is 0 Å². The summed E-state index contributed by atoms with van der Waals surface area (Å²) in [6.07, 6.45) is 1.35. The molecule has 0 aromatic heterocycles. The number of hydrogen-bond donors (Lipinski definition) is 0. The molecule has 0 heterocycles. The van der Waals surface area contributed by atoms with E-state index in [9.17, 15) is 4.79 Å². The minimum atomic E-state index is -0.511. The summed E-state index contributed by atoms with van der Waals surface area (Å²) in [4.78, 5) is 27.3. The van der Waals surface area contributed by atoms with Crippen molar-refractivity contribution in [3.05, 3.63) is 41.2 Å². The van der Waals surface area contributed by atoms with Crippen molar-refractivity contribution in [3.63, 3.8) is 0 Å². The maximum Gasteiger partial charge on any atom is 0.341 e. The Hall–Kier alpha value is -3.36. The molecule has 0 aliphatic carbocycles. The fourth-order valence-corrected chi connectivity index (χ4v) is 2.58. The number of rotatable bonds is 10. The third kappa shape index (κ3) is 6.63. The van der Waals surface area contributed by atoms with Crippen LogP contribution in [0.15, 0.2) is 39.9 Å². The van der Waals surface area contributed by atoms with Crippen LogP contribution in [0, 0.1) is 6.92 Å². The lowest BCUT2D eigenvalue weighted by atomic mass is 9.96. The molecule has 1 aromatic carbocycles. The van der Waals surface area contributed by atoms with E-state index in [1.54, 1.807) is 13.8 Å². The van der Waals surface area contributed by atoms with Crippen molar-refractivity contribution in [2.45, 2.75) is 27.4 Å². The minimum Gasteiger partial charge on any atom is -0.503 e. The summed E-state index contributed by atoms with van der Waals surface area (Å²) < 4.78 is 9.93. The Morgan fingerprint density at radius 3 is 2.24 bits per heavy atom. The Kier molecular flexibility index (Phi) is 9.94. The van der Waals surface area contributed by atoms with Crippen LogP contribution in [0.5, 0.6) is 0 Å². The molecule has 0 bridgehead atoms. The molecule has 0 radical (unpaired) electrons. The number of methoxy groups -OCH3 is 2. The summed E-state index contributed by atoms with van der Waals surface area (Å²) in [7, 11) is 5.63. The molecule has 0 unspecified atom stereocenters. The Morgan fingerprint density at radius 1 is 1.00 bits per heavy atom. The van der Waals surface area contributed by atoms with Crippen LogP contribution >= 0.6 is 0 Å². The zero-order valence-corrected chi connectivity index (χ0v) is 17.8. The topological polar surface area (TPSA) is 100 Å². The highest BCUT2D eigenvalue weighted by molar-refractivity contribution is 6.67. The molecule has 0 aliphatic rings. The molecule has 1 rings (SSSR count). The molecule has 0 fully saturated rings. The lowest BCUT2D eigenvalue weighted by Gasteiger charge is -2.14. The van der Waals surface area contributed by atoms with Crippen molar-refractivity contribution >= 4 is 28.7 Å². The Labute approximate surface area is 170 Å². The monoisotopic (exact) mass is 405 g/mol. The molecular formula is C20H27N3O6. The second-order valence-corrected chi connectivity index (χ2v) is 5.80. The number of oxime groups is 3. The van der Waals surface area contributed by atoms with Crippen LogP contribution in [-0.2, 0) is 35.4 Å². The lowest BCUT2D eigenvalue weighted by Crippen LogP contribution is -2.20. The highest BCUT2D eigenvalue weighted by atomic mass is 16.6. The maximum atomic E-state index is 12.2. The zero-order valence-electron chi connectivity index (χ0n) is 17.8. The highest BCUT2D eigenvalue weighted by Crippen LogP contribution is 2.25. The molecule has 1 aromatic rings. The van der Waals surface area contributed by atoms with Gasteiger partial charge in [-0.05, 0) is 26.3 Å². The maximum absolute atomic E-state index is 12.2. The Morgan fingerprint density at radius 2 is 1.66 bits per heavy atom. The first kappa shape index (κ1) is 23.7. The van der Waals surface area contributed by atoms with Crippen LogP contribution in [0.25, 0.3) is 5.57 Å². The molecule has 29 heavy (non-hydrogen) atoms. The first-order valence-electron chi connectivity index (χ1n) is 8.67. The third-order valence-electron chi connectivity index (χ3n) is 3.79. The van der Waals surface area contributed by atoms with E-state index in [0.717, 1.165) is 11.1 Å². The largest absolute Gasteiger partial charge is 0.503 e. The van der Waals surface area contributed by atoms with Crippen LogP contribution < -0.4 is 0 Å². The highest BCUT2D eigenvalue weighted by Gasteiger charge is 2.19. The summed E-state index contributed by atoms with van der Waals surface area (Å²) in [5.41, 5.74) is 3.86. The van der Waals surface area contributed by atoms with Crippen LogP contribution in [0.1, 0.15) is 30.5 Å². The fraction of sp³-hybridized carbons (Fsp3) is 0.400. The molecule has 0 aliphatic heterocycles. The quantitative estimate of drug-likeness (QED) is 0.195. The molecule has 0 saturated carbocycles. The van der Waals surface area contributed by atoms with E-state index in [4.69, 9.17) is 24.0 Å². The number of aryl methyl sites for hydroxylation is 1. The summed E-state index contributed by atoms with van der Waals surface area (Å²) in [5.74, 6) is -0.511. The van der Waals surface area contributed by atoms with Gasteiger partial charge in [-0.2, -0.15) is 0 Å². The van der Waals surface area contributed by atoms with E-state index >= 15 is 0 Å². The Balaban J connectivity index is 3.17. The fourth-order valence-electron chi connectivity index (χ4n) is 2.58. The van der Waals surface area contributed by atoms with Gasteiger partial charge >= 0.3 is 5.97 Å². The van der Waals surface area contributed by atoms with Crippen molar-refractivity contribution in [1.29, 1.82) is 0 Å². The molecular weight excluding hydrogens is 378 g/mol. The number of ether oxygens (including phenoxy) is 2. The number of hydrogen-bond acceptors (Lipinski definition) is 9. The van der Waals surface area contributed by atoms with Crippen molar-refractivity contribution in [2.24, 2.45) is 15.5 Å². The second-order valence-electron chi connectivity index (χ2n) is 5.80. The van der Waals surface area contributed by atoms with Gasteiger partial charge in [0.1, 0.15) is 37.8 Å². The van der Waals surface area contributed by atoms with Crippen molar-refractivity contribution in [1.82, 2.24) is 0 Å². The van der Waals surface area contributed by atoms with Crippen LogP contribution in [0.3, 0.4) is 0 Å². The van der Waals surface area contributed by atoms with Crippen LogP contribution in [-0.4, -0.2) is 51.5 Å². The van der Waals surface area contributed by atoms with Gasteiger partial charge < -0.3 is 24.0 Å². The number of carbonyl (C=O) groups excluding carboxylic acids is 1. The summed E-state index contributed by atoms with van der Waals surface area (Å²) >= 11 is 0. The van der Waals surface area contributed by atoms with E-state index in [1.165, 1.54) is 34.7 Å². The molecule has 0 saturated heterocycles. The molecule has 0 atom stereocenters. The van der Waals surface area contributed by atoms with Crippen molar-refractivity contribution in [2.75, 3.05) is 28.4 Å². The van der Waals surface area contributed by atoms with E-state index in [1.807, 2.05) is 25.1 Å². The number of carbonyl (C=O) groups is 1. The van der Waals surface area contributed by atoms with Gasteiger partial charge in [-0.15, -0.1) is 0 Å². The van der Waals surface area contributed by atoms with E-state index in [-0.39, 0.29) is 12.2 Å². The molecule has 0 spiro atoms. The molecule has 0 N–H and O–H groups in total. The number of esters is 1. The van der Waals surface area contributed by atoms with E-state index < -0.39 is 5.97 Å². The molecule has 9 nitrogen and oxygen atoms in total. The van der Waals surface area contributed by atoms with Gasteiger partial charge in [0.05, 0.1) is 20.5 Å². The number of nitrogens with zero attached hydrogens (tertiary/aromatic N) is 3. The van der Waals surface area contributed by atoms with Gasteiger partial charge in [-0.3, -0.25) is 0 Å². The smallest absolute Gasteiger partial charge is 0.341 e. The first-order chi connectivity index (χ1) is 13.9. The second kappa shape index (κ2) is 12.2. The predicted octanol–water partition coefficient (Wildman–Crippen LogP) is 3.07. The Bertz CT molecular complexity index is 828. The van der Waals surface area contributed by atoms with Crippen molar-refractivity contribution in [3.8, 4) is 0 Å². The van der Waals surface area contributed by atoms with Gasteiger partial charge in [-0.1, -0.05) is 33.7 Å². The van der Waals surface area contributed by atoms with E-state index in [0.29, 0.717) is 22.7 Å². The van der Waals surface area contributed by atoms with Crippen molar-refractivity contribution < 1.29 is 28.8 Å². The number of benzene rings is 1. The zero-order chi connectivity index (χ0) is 21.8. The average molecular weight is 405 g/mol. The van der Waals surface area contributed by atoms with Gasteiger partial charge in [0.15, 0.2) is 5.71 Å². The minimum absolute atomic E-state index is 0.104. The molecule has 9 heteroatoms. The van der Waals surface area contributed by atoms with Gasteiger partial charge in [-0.25, -0.2) is 4.79 Å². The normalized spacial score (nSPS) is 13.1. The molecule has 158 valence electrons. The van der Waals surface area contributed by atoms with Crippen LogP contribution in [0.2, 0.25) is 0 Å². The summed E-state index contributed by atoms with van der Waals surface area (Å²) in [6, 6.07) is 5.58. The first-order valence-corrected chi connectivity index (χ1v) is 8.67. The summed E-state index contributed by atoms with van der Waals surface area (Å²) in [6.45, 7) is 5.40. The van der Waals surface area contributed by atoms with Gasteiger partial charge in [0, 0.05) is 11.1 Å². The predicted molar refractivity (Wildman–Crippen MR) is 111 cm³/mol. The molecule has 0 amide bonds. The SMILES string of the molecule is CO/C=C(/C(=O)OC)c1c(C)cccc1CO\N=C(C)/C(=N\OC)C(/C)=N\OC. The average Bonchev–Trinajstić information content (AvgIpc) is 2.70. The van der Waals surface area contributed by atoms with E-state index in [2.05, 4.69) is 15.5 Å². The van der Waals surface area contributed by atoms with Gasteiger partial charge in [0.2, 0.25) is 0 Å². The lowest BCUT2D eigenvalue weighted by molar-refractivity contribution is -0.133. The summed E-state index contributed by atoms with van der Waals surface area (Å²) in [5, 5.41) is 11.8.